The normalized spacial score (nSPS) is 15.6. The molecule has 0 bridgehead atoms. The Kier molecular flexibility index (Phi) is 7.54. The lowest BCUT2D eigenvalue weighted by atomic mass is 10.1. The Morgan fingerprint density at radius 1 is 1.09 bits per heavy atom. The molecular weight excluding hydrogens is 521 g/mol. The molecule has 1 unspecified atom stereocenters. The summed E-state index contributed by atoms with van der Waals surface area (Å²) >= 11 is 6.09. The van der Waals surface area contributed by atoms with Crippen LogP contribution in [0.1, 0.15) is 11.1 Å². The molecule has 4 rings (SSSR count). The van der Waals surface area contributed by atoms with Gasteiger partial charge >= 0.3 is 5.97 Å². The average Bonchev–Trinajstić information content (AvgIpc) is 3.29. The number of carbonyl (C=O) groups excluding carboxylic acids is 1. The van der Waals surface area contributed by atoms with Gasteiger partial charge in [-0.3, -0.25) is 9.35 Å². The first-order valence-corrected chi connectivity index (χ1v) is 13.9. The highest BCUT2D eigenvalue weighted by molar-refractivity contribution is 8.82. The summed E-state index contributed by atoms with van der Waals surface area (Å²) in [4.78, 5) is 13.2. The van der Waals surface area contributed by atoms with Crippen LogP contribution in [0.3, 0.4) is 0 Å². The SMILES string of the molecule is O=C(Cc1ccccc1Nc1c(F)cccc1Cl)Oc1ccc(C2=CC(S(=O)(=O)O)SS2)cc1. The zero-order chi connectivity index (χ0) is 24.3. The molecule has 3 aromatic carbocycles. The van der Waals surface area contributed by atoms with E-state index in [1.54, 1.807) is 54.6 Å². The maximum atomic E-state index is 14.2. The number of halogens is 2. The Morgan fingerprint density at radius 2 is 1.82 bits per heavy atom. The fraction of sp³-hybridized carbons (Fsp3) is 0.0870. The molecule has 0 saturated heterocycles. The Hall–Kier alpha value is -2.50. The van der Waals surface area contributed by atoms with Crippen LogP contribution in [-0.4, -0.2) is 23.5 Å². The van der Waals surface area contributed by atoms with Gasteiger partial charge in [0.15, 0.2) is 4.58 Å². The molecule has 1 aliphatic heterocycles. The second-order valence-corrected chi connectivity index (χ2v) is 11.8. The number of hydrogen-bond donors (Lipinski definition) is 2. The maximum absolute atomic E-state index is 14.2. The van der Waals surface area contributed by atoms with Crippen molar-refractivity contribution >= 4 is 65.6 Å². The van der Waals surface area contributed by atoms with Gasteiger partial charge in [-0.1, -0.05) is 69.6 Å². The molecule has 0 spiro atoms. The number of para-hydroxylation sites is 2. The van der Waals surface area contributed by atoms with Gasteiger partial charge < -0.3 is 10.1 Å². The molecule has 1 aliphatic rings. The minimum Gasteiger partial charge on any atom is -0.426 e. The molecule has 0 fully saturated rings. The quantitative estimate of drug-likeness (QED) is 0.156. The van der Waals surface area contributed by atoms with E-state index in [0.717, 1.165) is 16.4 Å². The lowest BCUT2D eigenvalue weighted by molar-refractivity contribution is -0.133. The van der Waals surface area contributed by atoms with Gasteiger partial charge in [0.2, 0.25) is 0 Å². The van der Waals surface area contributed by atoms with Crippen molar-refractivity contribution in [3.63, 3.8) is 0 Å². The van der Waals surface area contributed by atoms with E-state index in [4.69, 9.17) is 16.3 Å². The third-order valence-corrected chi connectivity index (χ3v) is 9.60. The van der Waals surface area contributed by atoms with Gasteiger partial charge in [0.25, 0.3) is 10.1 Å². The number of anilines is 2. The number of benzene rings is 3. The molecule has 0 radical (unpaired) electrons. The van der Waals surface area contributed by atoms with Crippen molar-refractivity contribution in [3.05, 3.63) is 94.8 Å². The van der Waals surface area contributed by atoms with Crippen LogP contribution in [0, 0.1) is 5.82 Å². The van der Waals surface area contributed by atoms with E-state index >= 15 is 0 Å². The van der Waals surface area contributed by atoms with E-state index in [0.29, 0.717) is 21.9 Å². The summed E-state index contributed by atoms with van der Waals surface area (Å²) in [6.45, 7) is 0. The molecular formula is C23H17ClFNO5S3. The van der Waals surface area contributed by atoms with Crippen molar-refractivity contribution < 1.29 is 26.9 Å². The molecule has 2 N–H and O–H groups in total. The number of esters is 1. The zero-order valence-corrected chi connectivity index (χ0v) is 20.5. The lowest BCUT2D eigenvalue weighted by Crippen LogP contribution is -2.12. The Bertz CT molecular complexity index is 1340. The van der Waals surface area contributed by atoms with Crippen LogP contribution >= 0.6 is 33.2 Å². The van der Waals surface area contributed by atoms with Crippen LogP contribution in [-0.2, 0) is 21.3 Å². The highest BCUT2D eigenvalue weighted by atomic mass is 35.5. The van der Waals surface area contributed by atoms with Gasteiger partial charge in [-0.2, -0.15) is 8.42 Å². The van der Waals surface area contributed by atoms with Gasteiger partial charge in [0.1, 0.15) is 11.6 Å². The van der Waals surface area contributed by atoms with E-state index in [2.05, 4.69) is 5.32 Å². The second kappa shape index (κ2) is 10.4. The van der Waals surface area contributed by atoms with E-state index < -0.39 is 26.5 Å². The first-order chi connectivity index (χ1) is 16.2. The van der Waals surface area contributed by atoms with Gasteiger partial charge in [0.05, 0.1) is 17.1 Å². The fourth-order valence-corrected chi connectivity index (χ4v) is 7.48. The summed E-state index contributed by atoms with van der Waals surface area (Å²) in [5, 5.41) is 3.16. The highest BCUT2D eigenvalue weighted by Crippen LogP contribution is 2.48. The summed E-state index contributed by atoms with van der Waals surface area (Å²) in [5.41, 5.74) is 1.98. The molecule has 34 heavy (non-hydrogen) atoms. The molecule has 0 aromatic heterocycles. The van der Waals surface area contributed by atoms with Crippen molar-refractivity contribution in [2.75, 3.05) is 5.32 Å². The molecule has 0 amide bonds. The lowest BCUT2D eigenvalue weighted by Gasteiger charge is -2.13. The first-order valence-electron chi connectivity index (χ1n) is 9.82. The molecule has 1 heterocycles. The van der Waals surface area contributed by atoms with Crippen molar-refractivity contribution in [2.24, 2.45) is 0 Å². The molecule has 0 saturated carbocycles. The summed E-state index contributed by atoms with van der Waals surface area (Å²) in [6.07, 6.45) is 1.40. The van der Waals surface area contributed by atoms with Crippen LogP contribution in [0.15, 0.2) is 72.8 Å². The van der Waals surface area contributed by atoms with Crippen LogP contribution < -0.4 is 10.1 Å². The molecule has 3 aromatic rings. The van der Waals surface area contributed by atoms with Crippen molar-refractivity contribution in [1.29, 1.82) is 0 Å². The summed E-state index contributed by atoms with van der Waals surface area (Å²) in [5.74, 6) is -0.709. The third-order valence-electron chi connectivity index (χ3n) is 4.76. The largest absolute Gasteiger partial charge is 0.426 e. The van der Waals surface area contributed by atoms with Crippen LogP contribution in [0.5, 0.6) is 5.75 Å². The summed E-state index contributed by atoms with van der Waals surface area (Å²) < 4.78 is 50.3. The molecule has 6 nitrogen and oxygen atoms in total. The number of carbonyl (C=O) groups is 1. The van der Waals surface area contributed by atoms with E-state index in [1.807, 2.05) is 0 Å². The monoisotopic (exact) mass is 537 g/mol. The zero-order valence-electron chi connectivity index (χ0n) is 17.3. The van der Waals surface area contributed by atoms with Crippen LogP contribution in [0.2, 0.25) is 5.02 Å². The molecule has 1 atom stereocenters. The molecule has 0 aliphatic carbocycles. The van der Waals surface area contributed by atoms with Crippen LogP contribution in [0.25, 0.3) is 4.91 Å². The molecule has 11 heteroatoms. The topological polar surface area (TPSA) is 92.7 Å². The Balaban J connectivity index is 1.43. The number of nitrogens with one attached hydrogen (secondary N) is 1. The smallest absolute Gasteiger partial charge is 0.315 e. The van der Waals surface area contributed by atoms with Gasteiger partial charge in [0, 0.05) is 10.6 Å². The van der Waals surface area contributed by atoms with Gasteiger partial charge in [-0.15, -0.1) is 0 Å². The minimum absolute atomic E-state index is 0.0648. The fourth-order valence-electron chi connectivity index (χ4n) is 3.12. The van der Waals surface area contributed by atoms with Gasteiger partial charge in [-0.05, 0) is 47.5 Å². The summed E-state index contributed by atoms with van der Waals surface area (Å²) in [7, 11) is -1.88. The standard InChI is InChI=1S/C23H17ClFNO5S3/c24-17-5-3-6-18(25)23(17)26-19-7-2-1-4-15(19)12-21(27)31-16-10-8-14(9-11-16)20-13-22(33-32-20)34(28,29)30/h1-11,13,22,26H,12H2,(H,28,29,30). The third kappa shape index (κ3) is 5.94. The van der Waals surface area contributed by atoms with Crippen molar-refractivity contribution in [1.82, 2.24) is 0 Å². The Labute approximate surface area is 208 Å². The van der Waals surface area contributed by atoms with Crippen molar-refractivity contribution in [3.8, 4) is 5.75 Å². The van der Waals surface area contributed by atoms with Crippen molar-refractivity contribution in [2.45, 2.75) is 11.0 Å². The van der Waals surface area contributed by atoms with E-state index in [9.17, 15) is 22.2 Å². The Morgan fingerprint density at radius 3 is 2.50 bits per heavy atom. The van der Waals surface area contributed by atoms with E-state index in [-0.39, 0.29) is 17.1 Å². The number of rotatable bonds is 7. The van der Waals surface area contributed by atoms with Crippen LogP contribution in [0.4, 0.5) is 15.8 Å². The maximum Gasteiger partial charge on any atom is 0.315 e. The number of hydrogen-bond acceptors (Lipinski definition) is 7. The summed E-state index contributed by atoms with van der Waals surface area (Å²) in [6, 6.07) is 17.9. The predicted octanol–water partition coefficient (Wildman–Crippen LogP) is 6.32. The highest BCUT2D eigenvalue weighted by Gasteiger charge is 2.28. The van der Waals surface area contributed by atoms with Gasteiger partial charge in [-0.25, -0.2) is 4.39 Å². The number of ether oxygens (including phenoxy) is 1. The minimum atomic E-state index is -4.16. The molecule has 176 valence electrons. The predicted molar refractivity (Wildman–Crippen MR) is 135 cm³/mol. The van der Waals surface area contributed by atoms with E-state index in [1.165, 1.54) is 29.0 Å². The second-order valence-electron chi connectivity index (χ2n) is 7.15. The first kappa shape index (κ1) is 24.6. The average molecular weight is 538 g/mol.